The first-order valence-electron chi connectivity index (χ1n) is 36.8. The minimum Gasteiger partial charge on any atom is -0.343 e. The van der Waals surface area contributed by atoms with Crippen molar-refractivity contribution in [2.45, 2.75) is 256 Å². The number of benzene rings is 1. The highest BCUT2D eigenvalue weighted by Crippen LogP contribution is 2.38. The van der Waals surface area contributed by atoms with Crippen molar-refractivity contribution < 1.29 is 70.7 Å². The number of hydrogen-bond acceptors (Lipinski definition) is 12. The first-order chi connectivity index (χ1) is 47.6. The maximum atomic E-state index is 15.6. The minimum absolute atomic E-state index is 0.0226. The van der Waals surface area contributed by atoms with Crippen LogP contribution < -0.4 is 16.0 Å². The zero-order chi connectivity index (χ0) is 74.7. The molecular formula is C73H112ClF3N12O12. The molecule has 4 saturated heterocycles. The van der Waals surface area contributed by atoms with Crippen molar-refractivity contribution >= 4 is 82.5 Å². The predicted molar refractivity (Wildman–Crippen MR) is 374 cm³/mol. The summed E-state index contributed by atoms with van der Waals surface area (Å²) in [7, 11) is 8.65. The van der Waals surface area contributed by atoms with E-state index in [-0.39, 0.29) is 76.3 Å². The second-order valence-electron chi connectivity index (χ2n) is 30.1. The van der Waals surface area contributed by atoms with E-state index in [2.05, 4.69) is 16.0 Å². The Morgan fingerprint density at radius 3 is 1.83 bits per heavy atom. The first-order valence-corrected chi connectivity index (χ1v) is 37.2. The van der Waals surface area contributed by atoms with Crippen LogP contribution in [0.1, 0.15) is 194 Å². The van der Waals surface area contributed by atoms with E-state index in [1.54, 1.807) is 18.7 Å². The lowest BCUT2D eigenvalue weighted by Gasteiger charge is -2.45. The molecule has 4 aliphatic heterocycles. The Hall–Kier alpha value is -7.06. The van der Waals surface area contributed by atoms with E-state index in [1.807, 2.05) is 27.7 Å². The summed E-state index contributed by atoms with van der Waals surface area (Å²) < 4.78 is 41.7. The van der Waals surface area contributed by atoms with Crippen molar-refractivity contribution in [2.75, 3.05) is 75.0 Å². The van der Waals surface area contributed by atoms with Gasteiger partial charge in [-0.1, -0.05) is 117 Å². The third kappa shape index (κ3) is 19.2. The smallest absolute Gasteiger partial charge is 0.343 e. The fourth-order valence-corrected chi connectivity index (χ4v) is 15.9. The minimum atomic E-state index is -4.76. The van der Waals surface area contributed by atoms with Gasteiger partial charge in [0.2, 0.25) is 70.9 Å². The number of carbonyl (C=O) groups excluding carboxylic acids is 12. The van der Waals surface area contributed by atoms with Gasteiger partial charge >= 0.3 is 6.18 Å². The van der Waals surface area contributed by atoms with E-state index in [9.17, 15) is 41.9 Å². The highest BCUT2D eigenvalue weighted by atomic mass is 35.5. The number of rotatable bonds is 12. The second kappa shape index (κ2) is 35.4. The normalized spacial score (nSPS) is 27.9. The number of hydrogen-bond donors (Lipinski definition) is 3. The number of piperidine rings is 1. The van der Waals surface area contributed by atoms with Crippen molar-refractivity contribution in [3.8, 4) is 0 Å². The number of amides is 12. The molecule has 6 fully saturated rings. The van der Waals surface area contributed by atoms with Gasteiger partial charge < -0.3 is 60.0 Å². The highest BCUT2D eigenvalue weighted by Gasteiger charge is 2.52. The van der Waals surface area contributed by atoms with Crippen molar-refractivity contribution in [3.63, 3.8) is 0 Å². The summed E-state index contributed by atoms with van der Waals surface area (Å²) in [4.78, 5) is 192. The van der Waals surface area contributed by atoms with Gasteiger partial charge in [-0.25, -0.2) is 0 Å². The molecule has 6 aliphatic rings. The lowest BCUT2D eigenvalue weighted by Crippen LogP contribution is -2.65. The number of alkyl halides is 3. The number of fused-ring (bicyclic) bond motifs is 2. The van der Waals surface area contributed by atoms with Crippen LogP contribution in [-0.2, 0) is 70.1 Å². The van der Waals surface area contributed by atoms with Crippen LogP contribution in [0.2, 0.25) is 5.02 Å². The number of likely N-dealkylation sites (tertiary alicyclic amines) is 1. The predicted octanol–water partition coefficient (Wildman–Crippen LogP) is 6.42. The van der Waals surface area contributed by atoms with Gasteiger partial charge in [0.05, 0.1) is 23.6 Å². The van der Waals surface area contributed by atoms with Crippen LogP contribution in [0.4, 0.5) is 13.2 Å². The quantitative estimate of drug-likeness (QED) is 0.205. The summed E-state index contributed by atoms with van der Waals surface area (Å²) in [6.45, 7) is 12.8. The molecule has 0 aromatic heterocycles. The van der Waals surface area contributed by atoms with E-state index < -0.39 is 172 Å². The van der Waals surface area contributed by atoms with Crippen LogP contribution in [0.15, 0.2) is 18.2 Å². The van der Waals surface area contributed by atoms with Crippen molar-refractivity contribution in [1.82, 2.24) is 60.0 Å². The second-order valence-corrected chi connectivity index (χ2v) is 30.5. The Morgan fingerprint density at radius 2 is 1.25 bits per heavy atom. The van der Waals surface area contributed by atoms with Crippen molar-refractivity contribution in [3.05, 3.63) is 34.3 Å². The molecule has 11 atom stereocenters. The van der Waals surface area contributed by atoms with Crippen LogP contribution in [-0.4, -0.2) is 250 Å². The van der Waals surface area contributed by atoms with Gasteiger partial charge in [0.1, 0.15) is 59.9 Å². The van der Waals surface area contributed by atoms with Crippen LogP contribution in [0.5, 0.6) is 0 Å². The zero-order valence-electron chi connectivity index (χ0n) is 61.8. The third-order valence-corrected chi connectivity index (χ3v) is 23.0. The molecule has 3 N–H and O–H groups in total. The zero-order valence-corrected chi connectivity index (χ0v) is 62.5. The molecule has 7 rings (SSSR count). The van der Waals surface area contributed by atoms with Crippen molar-refractivity contribution in [1.29, 1.82) is 0 Å². The Kier molecular flexibility index (Phi) is 28.5. The summed E-state index contributed by atoms with van der Waals surface area (Å²) in [5, 5.41) is 8.19. The summed E-state index contributed by atoms with van der Waals surface area (Å²) >= 11 is 6.16. The van der Waals surface area contributed by atoms with E-state index in [0.29, 0.717) is 63.6 Å². The molecule has 564 valence electrons. The third-order valence-electron chi connectivity index (χ3n) is 22.7. The number of nitrogens with zero attached hydrogens (tertiary/aromatic N) is 9. The van der Waals surface area contributed by atoms with Crippen molar-refractivity contribution in [2.24, 2.45) is 23.7 Å². The molecule has 0 radical (unpaired) electrons. The lowest BCUT2D eigenvalue weighted by molar-refractivity contribution is -0.160. The molecule has 12 amide bonds. The summed E-state index contributed by atoms with van der Waals surface area (Å²) in [5.41, 5.74) is -2.35. The topological polar surface area (TPSA) is 270 Å². The number of carbonyl (C=O) groups is 12. The van der Waals surface area contributed by atoms with Crippen LogP contribution in [0.25, 0.3) is 0 Å². The molecule has 2 saturated carbocycles. The Bertz CT molecular complexity index is 3180. The van der Waals surface area contributed by atoms with Gasteiger partial charge in [-0.3, -0.25) is 57.5 Å². The molecule has 101 heavy (non-hydrogen) atoms. The monoisotopic (exact) mass is 1440 g/mol. The summed E-state index contributed by atoms with van der Waals surface area (Å²) in [6.07, 6.45) is 4.16. The number of likely N-dealkylation sites (N-methyl/N-ethyl adjacent to an activating group) is 6. The molecule has 28 heteroatoms. The largest absolute Gasteiger partial charge is 0.417 e. The van der Waals surface area contributed by atoms with E-state index in [4.69, 9.17) is 11.6 Å². The van der Waals surface area contributed by atoms with Crippen LogP contribution >= 0.6 is 11.6 Å². The summed E-state index contributed by atoms with van der Waals surface area (Å²) in [6, 6.07) is -7.82. The highest BCUT2D eigenvalue weighted by molar-refractivity contribution is 6.31. The fourth-order valence-electron chi connectivity index (χ4n) is 15.6. The van der Waals surface area contributed by atoms with E-state index in [0.717, 1.165) is 55.6 Å². The van der Waals surface area contributed by atoms with Gasteiger partial charge in [-0.15, -0.1) is 0 Å². The first kappa shape index (κ1) is 81.2. The average molecular weight is 1440 g/mol. The molecule has 1 spiro atoms. The van der Waals surface area contributed by atoms with Gasteiger partial charge in [-0.05, 0) is 125 Å². The molecular weight excluding hydrogens is 1330 g/mol. The lowest BCUT2D eigenvalue weighted by atomic mass is 9.84. The Labute approximate surface area is 599 Å². The molecule has 0 bridgehead atoms. The van der Waals surface area contributed by atoms with E-state index >= 15 is 28.8 Å². The van der Waals surface area contributed by atoms with Gasteiger partial charge in [0, 0.05) is 68.5 Å². The molecule has 0 unspecified atom stereocenters. The SMILES string of the molecule is CC[C@H](C)[C@@H]1NC(=O)[C@H](CC(C)C)N(C)C(=O)C[C@@H](C(=O)N2CCCCC2)N(C)C(=O)[C@H]([C@@H](C)CC)N(C)C(=O)C2(CCCC2)NC(=O)[C@@H]2CCCN2C(=O)[C@H](CCc2ccc(C(F)(F)F)c(Cl)c2)NC(=O)CN(C)C(=O)[C@H](CC2CCCCC2)N(C)C(=O)[C@@H]2CCN2C(=O)[C@H](C)N(C)C1=O. The van der Waals surface area contributed by atoms with Gasteiger partial charge in [0.15, 0.2) is 0 Å². The fraction of sp³-hybridized carbons (Fsp3) is 0.753. The van der Waals surface area contributed by atoms with E-state index in [1.165, 1.54) is 89.6 Å². The maximum absolute atomic E-state index is 15.6. The Balaban J connectivity index is 1.29. The van der Waals surface area contributed by atoms with Gasteiger partial charge in [-0.2, -0.15) is 13.2 Å². The Morgan fingerprint density at radius 1 is 0.624 bits per heavy atom. The molecule has 1 aromatic rings. The maximum Gasteiger partial charge on any atom is 0.417 e. The molecule has 4 heterocycles. The number of aryl methyl sites for hydroxylation is 1. The summed E-state index contributed by atoms with van der Waals surface area (Å²) in [5.74, 6) is -8.79. The average Bonchev–Trinajstić information content (AvgIpc) is 1.52. The van der Waals surface area contributed by atoms with Crippen LogP contribution in [0.3, 0.4) is 0 Å². The van der Waals surface area contributed by atoms with Gasteiger partial charge in [0.25, 0.3) is 0 Å². The standard InChI is InChI=1S/C73H112ClF3N12O12/c1-14-45(5)60-69(99)82(9)47(7)64(94)89-38-32-54(89)67(97)84(11)56(41-48-25-18-16-19-26-48)66(96)81(8)43-58(90)78-52(31-29-49-28-30-50(51(74)40-49)73(75,76)77)65(95)88-37-24-27-53(88)63(93)80-72(33-20-21-34-72)71(101)86(13)61(46(6)15-2)70(100)85(12)57(68(98)87-35-22-17-23-36-87)42-59(91)83(10)55(39-44(3)4)62(92)79-60/h28,30,40,44-48,52-57,60-61H,14-27,29,31-39,41-43H2,1-13H3,(H,78,90)(H,79,92)(H,80,93)/t45-,46-,47-,52-,53-,54-,55-,56-,57-,60-,61-/m0/s1. The molecule has 24 nitrogen and oxygen atoms in total. The number of nitrogens with one attached hydrogen (secondary N) is 3. The van der Waals surface area contributed by atoms with Crippen LogP contribution in [0, 0.1) is 23.7 Å². The molecule has 1 aromatic carbocycles. The number of halogens is 4. The molecule has 2 aliphatic carbocycles.